The van der Waals surface area contributed by atoms with Crippen molar-refractivity contribution in [3.05, 3.63) is 118 Å². The number of nitro groups is 1. The normalized spacial score (nSPS) is 15.2. The molecule has 3 heterocycles. The van der Waals surface area contributed by atoms with E-state index in [4.69, 9.17) is 20.8 Å². The molecule has 39 heavy (non-hydrogen) atoms. The van der Waals surface area contributed by atoms with E-state index in [0.717, 1.165) is 11.1 Å². The summed E-state index contributed by atoms with van der Waals surface area (Å²) in [6.07, 6.45) is 1.74. The molecule has 0 saturated heterocycles. The summed E-state index contributed by atoms with van der Waals surface area (Å²) in [5, 5.41) is 11.9. The Kier molecular flexibility index (Phi) is 7.07. The minimum atomic E-state index is -0.944. The molecule has 0 aliphatic carbocycles. The SMILES string of the molecule is CCOC(=O)C1=C(C)N=c2s/c(=C\c3ccc(Cl)cc3)c(=O)n2[C@H]1c1ccc(-c2cc([N+](=O)[O-])ccc2C)o1. The molecule has 1 aliphatic heterocycles. The second kappa shape index (κ2) is 10.5. The maximum absolute atomic E-state index is 13.7. The summed E-state index contributed by atoms with van der Waals surface area (Å²) in [6, 6.07) is 13.9. The third-order valence-electron chi connectivity index (χ3n) is 6.28. The molecule has 5 rings (SSSR count). The van der Waals surface area contributed by atoms with Gasteiger partial charge in [0, 0.05) is 22.7 Å². The summed E-state index contributed by atoms with van der Waals surface area (Å²) >= 11 is 7.19. The number of esters is 1. The Hall–Kier alpha value is -4.28. The number of rotatable bonds is 6. The number of hydrogen-bond donors (Lipinski definition) is 0. The van der Waals surface area contributed by atoms with Crippen molar-refractivity contribution in [2.75, 3.05) is 6.61 Å². The Morgan fingerprint density at radius 1 is 1.21 bits per heavy atom. The molecule has 0 radical (unpaired) electrons. The van der Waals surface area contributed by atoms with Gasteiger partial charge < -0.3 is 9.15 Å². The highest BCUT2D eigenvalue weighted by Crippen LogP contribution is 2.36. The lowest BCUT2D eigenvalue weighted by molar-refractivity contribution is -0.384. The van der Waals surface area contributed by atoms with Gasteiger partial charge in [0.05, 0.1) is 27.3 Å². The average Bonchev–Trinajstić information content (AvgIpc) is 3.50. The van der Waals surface area contributed by atoms with Crippen LogP contribution < -0.4 is 14.9 Å². The molecule has 2 aromatic carbocycles. The topological polar surface area (TPSA) is 117 Å². The van der Waals surface area contributed by atoms with E-state index < -0.39 is 16.9 Å². The predicted molar refractivity (Wildman–Crippen MR) is 147 cm³/mol. The zero-order chi connectivity index (χ0) is 27.8. The van der Waals surface area contributed by atoms with Crippen molar-refractivity contribution in [2.24, 2.45) is 4.99 Å². The second-order valence-corrected chi connectivity index (χ2v) is 10.3. The summed E-state index contributed by atoms with van der Waals surface area (Å²) < 4.78 is 13.4. The minimum absolute atomic E-state index is 0.0771. The van der Waals surface area contributed by atoms with Crippen LogP contribution in [0.15, 0.2) is 80.1 Å². The highest BCUT2D eigenvalue weighted by molar-refractivity contribution is 7.07. The maximum Gasteiger partial charge on any atom is 0.338 e. The number of non-ortho nitro benzene ring substituents is 1. The molecule has 0 unspecified atom stereocenters. The number of carbonyl (C=O) groups excluding carboxylic acids is 1. The van der Waals surface area contributed by atoms with Crippen molar-refractivity contribution in [1.29, 1.82) is 0 Å². The number of benzene rings is 2. The van der Waals surface area contributed by atoms with Crippen LogP contribution in [0.1, 0.15) is 36.8 Å². The van der Waals surface area contributed by atoms with Gasteiger partial charge in [0.25, 0.3) is 11.2 Å². The summed E-state index contributed by atoms with van der Waals surface area (Å²) in [4.78, 5) is 42.7. The van der Waals surface area contributed by atoms with Crippen molar-refractivity contribution >= 4 is 40.7 Å². The Labute approximate surface area is 231 Å². The Morgan fingerprint density at radius 3 is 2.64 bits per heavy atom. The fourth-order valence-corrected chi connectivity index (χ4v) is 5.58. The predicted octanol–water partition coefficient (Wildman–Crippen LogP) is 4.93. The van der Waals surface area contributed by atoms with Crippen molar-refractivity contribution in [1.82, 2.24) is 4.57 Å². The van der Waals surface area contributed by atoms with Gasteiger partial charge in [-0.1, -0.05) is 41.1 Å². The van der Waals surface area contributed by atoms with Gasteiger partial charge in [-0.25, -0.2) is 9.79 Å². The van der Waals surface area contributed by atoms with Gasteiger partial charge in [0.1, 0.15) is 17.6 Å². The number of carbonyl (C=O) groups is 1. The molecule has 11 heteroatoms. The number of fused-ring (bicyclic) bond motifs is 1. The van der Waals surface area contributed by atoms with Crippen LogP contribution in [0.5, 0.6) is 0 Å². The van der Waals surface area contributed by atoms with Crippen LogP contribution in [0.4, 0.5) is 5.69 Å². The molecule has 4 aromatic rings. The summed E-state index contributed by atoms with van der Waals surface area (Å²) in [7, 11) is 0. The largest absolute Gasteiger partial charge is 0.463 e. The van der Waals surface area contributed by atoms with Crippen LogP contribution in [0.2, 0.25) is 5.02 Å². The Bertz CT molecular complexity index is 1830. The molecule has 1 atom stereocenters. The van der Waals surface area contributed by atoms with E-state index in [2.05, 4.69) is 4.99 Å². The molecule has 0 fully saturated rings. The first kappa shape index (κ1) is 26.3. The first-order valence-corrected chi connectivity index (χ1v) is 13.2. The number of aromatic nitrogens is 1. The summed E-state index contributed by atoms with van der Waals surface area (Å²) in [5.41, 5.74) is 2.24. The second-order valence-electron chi connectivity index (χ2n) is 8.81. The molecular weight excluding hydrogens is 542 g/mol. The highest BCUT2D eigenvalue weighted by Gasteiger charge is 2.35. The number of hydrogen-bond acceptors (Lipinski definition) is 8. The number of nitro benzene ring substituents is 1. The third-order valence-corrected chi connectivity index (χ3v) is 7.51. The van der Waals surface area contributed by atoms with E-state index in [9.17, 15) is 19.7 Å². The minimum Gasteiger partial charge on any atom is -0.463 e. The van der Waals surface area contributed by atoms with E-state index in [1.54, 1.807) is 62.4 Å². The molecule has 1 aliphatic rings. The van der Waals surface area contributed by atoms with E-state index in [-0.39, 0.29) is 23.4 Å². The number of nitrogens with zero attached hydrogens (tertiary/aromatic N) is 3. The van der Waals surface area contributed by atoms with Crippen molar-refractivity contribution in [3.8, 4) is 11.3 Å². The number of halogens is 1. The first-order chi connectivity index (χ1) is 18.7. The van der Waals surface area contributed by atoms with Gasteiger partial charge in [-0.05, 0) is 62.2 Å². The van der Waals surface area contributed by atoms with Gasteiger partial charge in [-0.2, -0.15) is 0 Å². The van der Waals surface area contributed by atoms with Gasteiger partial charge in [-0.15, -0.1) is 0 Å². The maximum atomic E-state index is 13.7. The van der Waals surface area contributed by atoms with E-state index in [0.29, 0.717) is 37.1 Å². The van der Waals surface area contributed by atoms with Crippen LogP contribution in [-0.2, 0) is 9.53 Å². The molecule has 198 valence electrons. The fourth-order valence-electron chi connectivity index (χ4n) is 4.40. The third kappa shape index (κ3) is 4.96. The summed E-state index contributed by atoms with van der Waals surface area (Å²) in [6.45, 7) is 5.33. The highest BCUT2D eigenvalue weighted by atomic mass is 35.5. The number of furan rings is 1. The average molecular weight is 564 g/mol. The molecule has 0 amide bonds. The number of aryl methyl sites for hydroxylation is 1. The van der Waals surface area contributed by atoms with E-state index in [1.807, 2.05) is 6.92 Å². The van der Waals surface area contributed by atoms with Crippen LogP contribution in [-0.4, -0.2) is 22.1 Å². The van der Waals surface area contributed by atoms with Crippen molar-refractivity contribution < 1.29 is 18.9 Å². The molecule has 9 nitrogen and oxygen atoms in total. The van der Waals surface area contributed by atoms with Crippen LogP contribution in [0, 0.1) is 17.0 Å². The van der Waals surface area contributed by atoms with Crippen LogP contribution in [0.25, 0.3) is 17.4 Å². The van der Waals surface area contributed by atoms with E-state index in [1.165, 1.54) is 28.0 Å². The standard InChI is InChI=1S/C28H22ClN3O6S/c1-4-37-27(34)24-16(3)30-28-31(26(33)23(39-28)13-17-6-8-18(29)9-7-17)25(24)22-12-11-21(38-22)20-14-19(32(35)36)10-5-15(20)2/h5-14,25H,4H2,1-3H3/b23-13-/t25-/m0/s1. The molecule has 0 saturated carbocycles. The lowest BCUT2D eigenvalue weighted by Gasteiger charge is -2.22. The molecule has 0 spiro atoms. The monoisotopic (exact) mass is 563 g/mol. The molecule has 0 bridgehead atoms. The Morgan fingerprint density at radius 2 is 1.95 bits per heavy atom. The number of ether oxygens (including phenoxy) is 1. The summed E-state index contributed by atoms with van der Waals surface area (Å²) in [5.74, 6) is 0.0555. The quantitative estimate of drug-likeness (QED) is 0.186. The number of allylic oxidation sites excluding steroid dienone is 1. The van der Waals surface area contributed by atoms with Gasteiger partial charge >= 0.3 is 5.97 Å². The fraction of sp³-hybridized carbons (Fsp3) is 0.179. The Balaban J connectivity index is 1.69. The zero-order valence-corrected chi connectivity index (χ0v) is 22.7. The van der Waals surface area contributed by atoms with Gasteiger partial charge in [0.15, 0.2) is 4.80 Å². The van der Waals surface area contributed by atoms with Gasteiger partial charge in [-0.3, -0.25) is 19.5 Å². The lowest BCUT2D eigenvalue weighted by Crippen LogP contribution is -2.39. The number of thiazole rings is 1. The van der Waals surface area contributed by atoms with Crippen molar-refractivity contribution in [3.63, 3.8) is 0 Å². The van der Waals surface area contributed by atoms with Crippen LogP contribution >= 0.6 is 22.9 Å². The van der Waals surface area contributed by atoms with Gasteiger partial charge in [0.2, 0.25) is 0 Å². The van der Waals surface area contributed by atoms with Crippen molar-refractivity contribution in [2.45, 2.75) is 26.8 Å². The first-order valence-electron chi connectivity index (χ1n) is 12.0. The zero-order valence-electron chi connectivity index (χ0n) is 21.1. The molecular formula is C28H22ClN3O6S. The molecule has 0 N–H and O–H groups in total. The molecule has 2 aromatic heterocycles. The lowest BCUT2D eigenvalue weighted by atomic mass is 10.0. The smallest absolute Gasteiger partial charge is 0.338 e. The van der Waals surface area contributed by atoms with Crippen LogP contribution in [0.3, 0.4) is 0 Å². The van der Waals surface area contributed by atoms with E-state index >= 15 is 0 Å².